The van der Waals surface area contributed by atoms with Crippen molar-refractivity contribution in [3.8, 4) is 0 Å². The molecule has 2 heteroatoms. The molecule has 17 heavy (non-hydrogen) atoms. The van der Waals surface area contributed by atoms with Crippen LogP contribution in [0.5, 0.6) is 0 Å². The molecular weight excluding hydrogens is 210 g/mol. The Balaban J connectivity index is 2.19. The van der Waals surface area contributed by atoms with Gasteiger partial charge in [0.05, 0.1) is 6.10 Å². The van der Waals surface area contributed by atoms with Gasteiger partial charge in [-0.15, -0.1) is 0 Å². The van der Waals surface area contributed by atoms with Crippen molar-refractivity contribution >= 4 is 0 Å². The van der Waals surface area contributed by atoms with Gasteiger partial charge in [-0.3, -0.25) is 0 Å². The van der Waals surface area contributed by atoms with E-state index in [2.05, 4.69) is 26.1 Å². The van der Waals surface area contributed by atoms with Crippen molar-refractivity contribution in [3.05, 3.63) is 0 Å². The van der Waals surface area contributed by atoms with Gasteiger partial charge in [0.2, 0.25) is 0 Å². The zero-order chi connectivity index (χ0) is 12.5. The first-order chi connectivity index (χ1) is 8.30. The second kappa shape index (κ2) is 8.93. The van der Waals surface area contributed by atoms with E-state index in [0.717, 1.165) is 19.1 Å². The minimum atomic E-state index is 0.513. The Kier molecular flexibility index (Phi) is 7.87. The molecule has 0 aromatic carbocycles. The van der Waals surface area contributed by atoms with E-state index in [0.29, 0.717) is 12.1 Å². The molecule has 2 nitrogen and oxygen atoms in total. The molecular formula is C15H31NO. The van der Waals surface area contributed by atoms with Crippen LogP contribution in [-0.4, -0.2) is 25.3 Å². The van der Waals surface area contributed by atoms with Crippen LogP contribution >= 0.6 is 0 Å². The van der Waals surface area contributed by atoms with Crippen LogP contribution in [0.15, 0.2) is 0 Å². The molecule has 0 aromatic rings. The molecule has 0 saturated heterocycles. The molecule has 0 spiro atoms. The third-order valence-electron chi connectivity index (χ3n) is 4.03. The average Bonchev–Trinajstić information content (AvgIpc) is 2.38. The van der Waals surface area contributed by atoms with Crippen molar-refractivity contribution in [1.82, 2.24) is 5.32 Å². The molecule has 0 aromatic heterocycles. The van der Waals surface area contributed by atoms with Crippen LogP contribution in [0, 0.1) is 5.92 Å². The molecule has 102 valence electrons. The second-order valence-corrected chi connectivity index (χ2v) is 5.46. The van der Waals surface area contributed by atoms with Crippen molar-refractivity contribution in [2.45, 2.75) is 77.9 Å². The highest BCUT2D eigenvalue weighted by Gasteiger charge is 2.22. The van der Waals surface area contributed by atoms with Crippen LogP contribution in [0.1, 0.15) is 65.7 Å². The van der Waals surface area contributed by atoms with Crippen LogP contribution in [0.25, 0.3) is 0 Å². The standard InChI is InChI=1S/C15H31NO/c1-4-10-16-14-8-7-9-15(11-14)17-12-13(5-2)6-3/h13-16H,4-12H2,1-3H3. The normalized spacial score (nSPS) is 25.4. The fourth-order valence-electron chi connectivity index (χ4n) is 2.63. The van der Waals surface area contributed by atoms with Crippen molar-refractivity contribution in [2.24, 2.45) is 5.92 Å². The Morgan fingerprint density at radius 3 is 2.59 bits per heavy atom. The third kappa shape index (κ3) is 5.87. The molecule has 0 bridgehead atoms. The maximum atomic E-state index is 6.10. The molecule has 0 aliphatic heterocycles. The zero-order valence-corrected chi connectivity index (χ0v) is 12.0. The molecule has 0 radical (unpaired) electrons. The topological polar surface area (TPSA) is 21.3 Å². The van der Waals surface area contributed by atoms with Crippen molar-refractivity contribution in [1.29, 1.82) is 0 Å². The van der Waals surface area contributed by atoms with E-state index >= 15 is 0 Å². The first kappa shape index (κ1) is 15.0. The fourth-order valence-corrected chi connectivity index (χ4v) is 2.63. The first-order valence-corrected chi connectivity index (χ1v) is 7.65. The van der Waals surface area contributed by atoms with Gasteiger partial charge in [-0.25, -0.2) is 0 Å². The number of hydrogen-bond donors (Lipinski definition) is 1. The molecule has 1 saturated carbocycles. The summed E-state index contributed by atoms with van der Waals surface area (Å²) in [5.41, 5.74) is 0. The Hall–Kier alpha value is -0.0800. The van der Waals surface area contributed by atoms with Crippen LogP contribution < -0.4 is 5.32 Å². The van der Waals surface area contributed by atoms with Crippen molar-refractivity contribution in [3.63, 3.8) is 0 Å². The minimum absolute atomic E-state index is 0.513. The van der Waals surface area contributed by atoms with Gasteiger partial charge in [-0.05, 0) is 44.6 Å². The van der Waals surface area contributed by atoms with Gasteiger partial charge in [-0.1, -0.05) is 33.6 Å². The summed E-state index contributed by atoms with van der Waals surface area (Å²) in [4.78, 5) is 0. The lowest BCUT2D eigenvalue weighted by Gasteiger charge is -2.30. The molecule has 1 aliphatic carbocycles. The first-order valence-electron chi connectivity index (χ1n) is 7.65. The van der Waals surface area contributed by atoms with Gasteiger partial charge >= 0.3 is 0 Å². The summed E-state index contributed by atoms with van der Waals surface area (Å²) in [6.07, 6.45) is 9.40. The highest BCUT2D eigenvalue weighted by Crippen LogP contribution is 2.22. The summed E-state index contributed by atoms with van der Waals surface area (Å²) < 4.78 is 6.10. The fraction of sp³-hybridized carbons (Fsp3) is 1.00. The smallest absolute Gasteiger partial charge is 0.0590 e. The maximum absolute atomic E-state index is 6.10. The summed E-state index contributed by atoms with van der Waals surface area (Å²) in [5, 5.41) is 3.64. The zero-order valence-electron chi connectivity index (χ0n) is 12.0. The van der Waals surface area contributed by atoms with Crippen molar-refractivity contribution < 1.29 is 4.74 Å². The van der Waals surface area contributed by atoms with Gasteiger partial charge in [0.15, 0.2) is 0 Å². The number of hydrogen-bond acceptors (Lipinski definition) is 2. The van der Waals surface area contributed by atoms with Crippen LogP contribution in [0.3, 0.4) is 0 Å². The van der Waals surface area contributed by atoms with Gasteiger partial charge in [0.1, 0.15) is 0 Å². The maximum Gasteiger partial charge on any atom is 0.0590 e. The third-order valence-corrected chi connectivity index (χ3v) is 4.03. The van der Waals surface area contributed by atoms with E-state index in [-0.39, 0.29) is 0 Å². The number of nitrogens with one attached hydrogen (secondary N) is 1. The van der Waals surface area contributed by atoms with Gasteiger partial charge in [0, 0.05) is 12.6 Å². The Morgan fingerprint density at radius 2 is 1.94 bits per heavy atom. The Bertz CT molecular complexity index is 180. The SMILES string of the molecule is CCCNC1CCCC(OCC(CC)CC)C1. The van der Waals surface area contributed by atoms with E-state index in [9.17, 15) is 0 Å². The lowest BCUT2D eigenvalue weighted by Crippen LogP contribution is -2.37. The summed E-state index contributed by atoms with van der Waals surface area (Å²) in [7, 11) is 0. The largest absolute Gasteiger partial charge is 0.378 e. The van der Waals surface area contributed by atoms with Crippen LogP contribution in [-0.2, 0) is 4.74 Å². The summed E-state index contributed by atoms with van der Waals surface area (Å²) in [5.74, 6) is 0.763. The number of rotatable bonds is 8. The quantitative estimate of drug-likeness (QED) is 0.699. The summed E-state index contributed by atoms with van der Waals surface area (Å²) >= 11 is 0. The lowest BCUT2D eigenvalue weighted by atomic mass is 9.92. The Morgan fingerprint density at radius 1 is 1.18 bits per heavy atom. The Labute approximate surface area is 108 Å². The van der Waals surface area contributed by atoms with Crippen LogP contribution in [0.4, 0.5) is 0 Å². The van der Waals surface area contributed by atoms with E-state index in [1.54, 1.807) is 0 Å². The predicted octanol–water partition coefficient (Wildman–Crippen LogP) is 3.75. The molecule has 1 rings (SSSR count). The molecule has 2 unspecified atom stereocenters. The molecule has 1 N–H and O–H groups in total. The highest BCUT2D eigenvalue weighted by molar-refractivity contribution is 4.78. The van der Waals surface area contributed by atoms with E-state index in [1.165, 1.54) is 44.9 Å². The average molecular weight is 241 g/mol. The number of ether oxygens (including phenoxy) is 1. The summed E-state index contributed by atoms with van der Waals surface area (Å²) in [6.45, 7) is 8.90. The lowest BCUT2D eigenvalue weighted by molar-refractivity contribution is -0.000787. The molecule has 0 heterocycles. The second-order valence-electron chi connectivity index (χ2n) is 5.46. The van der Waals surface area contributed by atoms with Crippen LogP contribution in [0.2, 0.25) is 0 Å². The molecule has 2 atom stereocenters. The molecule has 1 fully saturated rings. The monoisotopic (exact) mass is 241 g/mol. The van der Waals surface area contributed by atoms with Crippen molar-refractivity contribution in [2.75, 3.05) is 13.2 Å². The molecule has 1 aliphatic rings. The minimum Gasteiger partial charge on any atom is -0.378 e. The summed E-state index contributed by atoms with van der Waals surface area (Å²) in [6, 6.07) is 0.704. The molecule has 0 amide bonds. The predicted molar refractivity (Wildman–Crippen MR) is 74.4 cm³/mol. The van der Waals surface area contributed by atoms with Gasteiger partial charge < -0.3 is 10.1 Å². The van der Waals surface area contributed by atoms with E-state index in [1.807, 2.05) is 0 Å². The van der Waals surface area contributed by atoms with E-state index < -0.39 is 0 Å². The van der Waals surface area contributed by atoms with E-state index in [4.69, 9.17) is 4.74 Å². The van der Waals surface area contributed by atoms with Gasteiger partial charge in [0.25, 0.3) is 0 Å². The van der Waals surface area contributed by atoms with Gasteiger partial charge in [-0.2, -0.15) is 0 Å². The highest BCUT2D eigenvalue weighted by atomic mass is 16.5.